The van der Waals surface area contributed by atoms with Crippen molar-refractivity contribution in [3.63, 3.8) is 0 Å². The first-order valence-corrected chi connectivity index (χ1v) is 8.96. The summed E-state index contributed by atoms with van der Waals surface area (Å²) in [6, 6.07) is 22.9. The van der Waals surface area contributed by atoms with E-state index in [-0.39, 0.29) is 11.9 Å². The van der Waals surface area contributed by atoms with Crippen LogP contribution in [-0.2, 0) is 9.53 Å². The summed E-state index contributed by atoms with van der Waals surface area (Å²) in [7, 11) is 0. The molecule has 3 heteroatoms. The molecule has 4 rings (SSSR count). The Bertz CT molecular complexity index is 1060. The number of hydrogen-bond donors (Lipinski definition) is 1. The van der Waals surface area contributed by atoms with Gasteiger partial charge in [0.15, 0.2) is 0 Å². The summed E-state index contributed by atoms with van der Waals surface area (Å²) in [6.45, 7) is 2.24. The standard InChI is InChI=1S/C23H21NO2/c1-2-26-23(25)14-20(21-15-24-22-10-6-5-9-19(21)22)18-12-11-16-7-3-4-8-17(16)13-18/h3-13,15,20,24H,2,14H2,1H3/t20-/m0/s1. The van der Waals surface area contributed by atoms with Gasteiger partial charge in [0.05, 0.1) is 13.0 Å². The summed E-state index contributed by atoms with van der Waals surface area (Å²) < 4.78 is 5.24. The lowest BCUT2D eigenvalue weighted by molar-refractivity contribution is -0.143. The molecule has 0 bridgehead atoms. The van der Waals surface area contributed by atoms with Gasteiger partial charge in [-0.3, -0.25) is 4.79 Å². The Balaban J connectivity index is 1.82. The first kappa shape index (κ1) is 16.4. The van der Waals surface area contributed by atoms with Crippen molar-refractivity contribution in [2.24, 2.45) is 0 Å². The zero-order chi connectivity index (χ0) is 17.9. The number of para-hydroxylation sites is 1. The quantitative estimate of drug-likeness (QED) is 0.493. The van der Waals surface area contributed by atoms with Crippen LogP contribution in [0.5, 0.6) is 0 Å². The number of hydrogen-bond acceptors (Lipinski definition) is 2. The number of carbonyl (C=O) groups excluding carboxylic acids is 1. The topological polar surface area (TPSA) is 42.1 Å². The summed E-state index contributed by atoms with van der Waals surface area (Å²) in [4.78, 5) is 15.6. The molecule has 3 aromatic carbocycles. The number of benzene rings is 3. The maximum atomic E-state index is 12.3. The van der Waals surface area contributed by atoms with Gasteiger partial charge < -0.3 is 9.72 Å². The van der Waals surface area contributed by atoms with Crippen LogP contribution in [-0.4, -0.2) is 17.6 Å². The highest BCUT2D eigenvalue weighted by molar-refractivity contribution is 5.87. The Hall–Kier alpha value is -3.07. The van der Waals surface area contributed by atoms with Crippen LogP contribution in [0.15, 0.2) is 72.9 Å². The zero-order valence-electron chi connectivity index (χ0n) is 14.7. The maximum Gasteiger partial charge on any atom is 0.306 e. The molecule has 0 aliphatic heterocycles. The van der Waals surface area contributed by atoms with E-state index in [0.717, 1.165) is 22.0 Å². The first-order chi connectivity index (χ1) is 12.8. The lowest BCUT2D eigenvalue weighted by atomic mass is 9.87. The van der Waals surface area contributed by atoms with E-state index in [1.807, 2.05) is 37.4 Å². The van der Waals surface area contributed by atoms with Crippen LogP contribution in [0.1, 0.15) is 30.4 Å². The fraction of sp³-hybridized carbons (Fsp3) is 0.174. The van der Waals surface area contributed by atoms with Crippen LogP contribution < -0.4 is 0 Å². The van der Waals surface area contributed by atoms with E-state index in [9.17, 15) is 4.79 Å². The summed E-state index contributed by atoms with van der Waals surface area (Å²) >= 11 is 0. The molecule has 0 saturated carbocycles. The Morgan fingerprint density at radius 2 is 1.77 bits per heavy atom. The molecular weight excluding hydrogens is 322 g/mol. The second-order valence-electron chi connectivity index (χ2n) is 6.46. The third-order valence-corrected chi connectivity index (χ3v) is 4.85. The molecule has 4 aromatic rings. The molecule has 26 heavy (non-hydrogen) atoms. The Labute approximate surface area is 152 Å². The van der Waals surface area contributed by atoms with Crippen LogP contribution in [0.4, 0.5) is 0 Å². The van der Waals surface area contributed by atoms with Crippen molar-refractivity contribution in [2.45, 2.75) is 19.3 Å². The van der Waals surface area contributed by atoms with Gasteiger partial charge in [-0.15, -0.1) is 0 Å². The van der Waals surface area contributed by atoms with Crippen LogP contribution >= 0.6 is 0 Å². The summed E-state index contributed by atoms with van der Waals surface area (Å²) in [5, 5.41) is 3.53. The molecule has 0 amide bonds. The predicted molar refractivity (Wildman–Crippen MR) is 105 cm³/mol. The van der Waals surface area contributed by atoms with E-state index >= 15 is 0 Å². The average molecular weight is 343 g/mol. The van der Waals surface area contributed by atoms with Gasteiger partial charge in [-0.25, -0.2) is 0 Å². The molecule has 0 fully saturated rings. The molecule has 3 nitrogen and oxygen atoms in total. The Kier molecular flexibility index (Phi) is 4.44. The molecule has 0 radical (unpaired) electrons. The number of fused-ring (bicyclic) bond motifs is 2. The highest BCUT2D eigenvalue weighted by atomic mass is 16.5. The zero-order valence-corrected chi connectivity index (χ0v) is 14.7. The van der Waals surface area contributed by atoms with Gasteiger partial charge in [0.2, 0.25) is 0 Å². The van der Waals surface area contributed by atoms with E-state index in [2.05, 4.69) is 47.4 Å². The van der Waals surface area contributed by atoms with Crippen LogP contribution in [0.3, 0.4) is 0 Å². The highest BCUT2D eigenvalue weighted by Gasteiger charge is 2.22. The van der Waals surface area contributed by atoms with Gasteiger partial charge in [0, 0.05) is 23.0 Å². The normalized spacial score (nSPS) is 12.3. The fourth-order valence-corrected chi connectivity index (χ4v) is 3.60. The van der Waals surface area contributed by atoms with Gasteiger partial charge in [0.25, 0.3) is 0 Å². The first-order valence-electron chi connectivity index (χ1n) is 8.96. The van der Waals surface area contributed by atoms with Crippen molar-refractivity contribution in [1.29, 1.82) is 0 Å². The van der Waals surface area contributed by atoms with E-state index < -0.39 is 0 Å². The van der Waals surface area contributed by atoms with Gasteiger partial charge in [0.1, 0.15) is 0 Å². The molecule has 1 atom stereocenters. The third-order valence-electron chi connectivity index (χ3n) is 4.85. The van der Waals surface area contributed by atoms with Gasteiger partial charge in [-0.05, 0) is 34.9 Å². The van der Waals surface area contributed by atoms with Crippen molar-refractivity contribution in [1.82, 2.24) is 4.98 Å². The van der Waals surface area contributed by atoms with Crippen LogP contribution in [0.25, 0.3) is 21.7 Å². The minimum absolute atomic E-state index is 0.0465. The van der Waals surface area contributed by atoms with Crippen molar-refractivity contribution >= 4 is 27.6 Å². The second-order valence-corrected chi connectivity index (χ2v) is 6.46. The van der Waals surface area contributed by atoms with Gasteiger partial charge in [-0.1, -0.05) is 60.7 Å². The molecule has 1 N–H and O–H groups in total. The minimum atomic E-state index is -0.170. The summed E-state index contributed by atoms with van der Waals surface area (Å²) in [5.41, 5.74) is 3.34. The number of H-pyrrole nitrogens is 1. The Morgan fingerprint density at radius 3 is 2.62 bits per heavy atom. The van der Waals surface area contributed by atoms with Gasteiger partial charge >= 0.3 is 5.97 Å². The lowest BCUT2D eigenvalue weighted by Gasteiger charge is -2.17. The molecule has 0 unspecified atom stereocenters. The largest absolute Gasteiger partial charge is 0.466 e. The fourth-order valence-electron chi connectivity index (χ4n) is 3.60. The van der Waals surface area contributed by atoms with Crippen molar-refractivity contribution in [3.05, 3.63) is 84.1 Å². The SMILES string of the molecule is CCOC(=O)C[C@@H](c1ccc2ccccc2c1)c1c[nH]c2ccccc12. The molecule has 0 saturated heterocycles. The number of carbonyl (C=O) groups is 1. The molecule has 1 aromatic heterocycles. The van der Waals surface area contributed by atoms with E-state index in [1.165, 1.54) is 10.8 Å². The molecule has 0 spiro atoms. The van der Waals surface area contributed by atoms with Crippen molar-refractivity contribution in [2.75, 3.05) is 6.61 Å². The number of aromatic nitrogens is 1. The number of aromatic amines is 1. The minimum Gasteiger partial charge on any atom is -0.466 e. The third kappa shape index (κ3) is 3.08. The highest BCUT2D eigenvalue weighted by Crippen LogP contribution is 2.35. The van der Waals surface area contributed by atoms with Gasteiger partial charge in [-0.2, -0.15) is 0 Å². The van der Waals surface area contributed by atoms with E-state index in [0.29, 0.717) is 13.0 Å². The molecular formula is C23H21NO2. The van der Waals surface area contributed by atoms with Crippen molar-refractivity contribution in [3.8, 4) is 0 Å². The number of esters is 1. The van der Waals surface area contributed by atoms with Crippen LogP contribution in [0.2, 0.25) is 0 Å². The molecule has 130 valence electrons. The number of rotatable bonds is 5. The maximum absolute atomic E-state index is 12.3. The van der Waals surface area contributed by atoms with E-state index in [4.69, 9.17) is 4.74 Å². The number of nitrogens with one attached hydrogen (secondary N) is 1. The summed E-state index contributed by atoms with van der Waals surface area (Å²) in [5.74, 6) is -0.217. The molecule has 1 heterocycles. The average Bonchev–Trinajstić information content (AvgIpc) is 3.10. The monoisotopic (exact) mass is 343 g/mol. The predicted octanol–water partition coefficient (Wildman–Crippen LogP) is 5.41. The van der Waals surface area contributed by atoms with Crippen LogP contribution in [0, 0.1) is 0 Å². The van der Waals surface area contributed by atoms with Crippen molar-refractivity contribution < 1.29 is 9.53 Å². The van der Waals surface area contributed by atoms with E-state index in [1.54, 1.807) is 0 Å². The smallest absolute Gasteiger partial charge is 0.306 e. The number of ether oxygens (including phenoxy) is 1. The molecule has 0 aliphatic carbocycles. The second kappa shape index (κ2) is 7.04. The molecule has 0 aliphatic rings. The lowest BCUT2D eigenvalue weighted by Crippen LogP contribution is -2.11. The Morgan fingerprint density at radius 1 is 1.00 bits per heavy atom. The summed E-state index contributed by atoms with van der Waals surface area (Å²) in [6.07, 6.45) is 2.35.